The van der Waals surface area contributed by atoms with E-state index in [4.69, 9.17) is 13.8 Å². The minimum Gasteiger partial charge on any atom is -0.456 e. The second-order valence-corrected chi connectivity index (χ2v) is 25.4. The Labute approximate surface area is 484 Å². The van der Waals surface area contributed by atoms with E-state index in [9.17, 15) is 19.0 Å². The van der Waals surface area contributed by atoms with Gasteiger partial charge in [0.1, 0.15) is 19.3 Å². The van der Waals surface area contributed by atoms with E-state index in [1.54, 1.807) is 0 Å². The van der Waals surface area contributed by atoms with Crippen LogP contribution in [0.15, 0.2) is 48.6 Å². The lowest BCUT2D eigenvalue weighted by atomic mass is 10.0. The van der Waals surface area contributed by atoms with Gasteiger partial charge in [-0.3, -0.25) is 18.6 Å². The number of likely N-dealkylation sites (N-methyl/N-ethyl adjacent to an activating group) is 1. The summed E-state index contributed by atoms with van der Waals surface area (Å²) in [6.07, 6.45) is 72.5. The van der Waals surface area contributed by atoms with Crippen molar-refractivity contribution >= 4 is 19.7 Å². The van der Waals surface area contributed by atoms with Crippen molar-refractivity contribution in [1.82, 2.24) is 5.32 Å². The fourth-order valence-electron chi connectivity index (χ4n) is 9.79. The molecule has 0 bridgehead atoms. The van der Waals surface area contributed by atoms with Crippen molar-refractivity contribution in [3.05, 3.63) is 48.6 Å². The zero-order valence-electron chi connectivity index (χ0n) is 52.4. The molecule has 0 rings (SSSR count). The van der Waals surface area contributed by atoms with Crippen LogP contribution in [0.2, 0.25) is 0 Å². The molecule has 0 saturated heterocycles. The SMILES string of the molecule is CCCCC/C=C\C/C=C\CCCCCCCCCC(=O)NC(COP(=O)(O)OCC[N+](C)(C)C)C(/C=C\CCCCCCCCCCCC)OC(=O)CCCCCCCCCCCCCCC/C=C/CCCCCCCC. The molecule has 458 valence electrons. The average Bonchev–Trinajstić information content (AvgIpc) is 3.40. The highest BCUT2D eigenvalue weighted by molar-refractivity contribution is 7.47. The van der Waals surface area contributed by atoms with Crippen molar-refractivity contribution in [3.8, 4) is 0 Å². The van der Waals surface area contributed by atoms with Crippen LogP contribution in [0.25, 0.3) is 0 Å². The van der Waals surface area contributed by atoms with Crippen molar-refractivity contribution in [1.29, 1.82) is 0 Å². The Morgan fingerprint density at radius 1 is 0.449 bits per heavy atom. The standard InChI is InChI=1S/C68H129N2O7P/c1-7-10-13-16-19-22-25-28-30-32-33-34-35-36-37-39-41-43-46-49-52-55-58-61-68(72)77-66(59-56-53-50-47-44-27-24-21-18-15-12-9-3)65(64-76-78(73,74)75-63-62-70(4,5)6)69-67(71)60-57-54-51-48-45-42-40-38-31-29-26-23-20-17-14-11-8-2/h20,23,28-31,56,59,65-66H,7-19,21-22,24-27,32-55,57-58,60-64H2,1-6H3,(H-,69,71,73,74)/p+1/b23-20-,30-28+,31-29-,59-56-. The number of hydrogen-bond acceptors (Lipinski definition) is 6. The maximum Gasteiger partial charge on any atom is 0.472 e. The fourth-order valence-corrected chi connectivity index (χ4v) is 10.5. The Bertz CT molecular complexity index is 1470. The molecule has 0 fully saturated rings. The predicted octanol–water partition coefficient (Wildman–Crippen LogP) is 20.8. The molecule has 0 spiro atoms. The molecule has 0 aliphatic carbocycles. The highest BCUT2D eigenvalue weighted by Gasteiger charge is 2.30. The van der Waals surface area contributed by atoms with E-state index in [0.717, 1.165) is 77.0 Å². The van der Waals surface area contributed by atoms with E-state index in [1.807, 2.05) is 33.3 Å². The fraction of sp³-hybridized carbons (Fsp3) is 0.853. The molecule has 0 aromatic carbocycles. The summed E-state index contributed by atoms with van der Waals surface area (Å²) in [6.45, 7) is 7.01. The first-order valence-electron chi connectivity index (χ1n) is 33.5. The van der Waals surface area contributed by atoms with Crippen LogP contribution in [0.1, 0.15) is 323 Å². The second kappa shape index (κ2) is 58.2. The Balaban J connectivity index is 5.13. The first-order valence-corrected chi connectivity index (χ1v) is 35.0. The number of quaternary nitrogens is 1. The van der Waals surface area contributed by atoms with Gasteiger partial charge in [-0.05, 0) is 89.5 Å². The molecule has 78 heavy (non-hydrogen) atoms. The van der Waals surface area contributed by atoms with Crippen LogP contribution >= 0.6 is 7.82 Å². The molecular formula is C68H130N2O7P+. The zero-order valence-corrected chi connectivity index (χ0v) is 53.3. The van der Waals surface area contributed by atoms with E-state index < -0.39 is 20.0 Å². The molecule has 0 aliphatic heterocycles. The molecule has 0 saturated carbocycles. The number of rotatable bonds is 61. The molecule has 10 heteroatoms. The summed E-state index contributed by atoms with van der Waals surface area (Å²) in [7, 11) is 1.50. The van der Waals surface area contributed by atoms with Crippen LogP contribution in [0.5, 0.6) is 0 Å². The quantitative estimate of drug-likeness (QED) is 0.0205. The number of esters is 1. The Morgan fingerprint density at radius 2 is 0.782 bits per heavy atom. The molecule has 0 heterocycles. The van der Waals surface area contributed by atoms with E-state index in [2.05, 4.69) is 62.5 Å². The van der Waals surface area contributed by atoms with Gasteiger partial charge in [0.05, 0.1) is 33.8 Å². The summed E-state index contributed by atoms with van der Waals surface area (Å²) < 4.78 is 30.8. The van der Waals surface area contributed by atoms with Crippen molar-refractivity contribution in [2.24, 2.45) is 0 Å². The lowest BCUT2D eigenvalue weighted by molar-refractivity contribution is -0.870. The number of phosphoric ester groups is 1. The predicted molar refractivity (Wildman–Crippen MR) is 337 cm³/mol. The Kier molecular flexibility index (Phi) is 56.7. The molecule has 0 aromatic heterocycles. The first kappa shape index (κ1) is 76.0. The van der Waals surface area contributed by atoms with Gasteiger partial charge in [0.2, 0.25) is 5.91 Å². The van der Waals surface area contributed by atoms with Gasteiger partial charge in [-0.15, -0.1) is 0 Å². The monoisotopic (exact) mass is 1120 g/mol. The van der Waals surface area contributed by atoms with E-state index >= 15 is 0 Å². The molecular weight excluding hydrogens is 988 g/mol. The van der Waals surface area contributed by atoms with E-state index in [1.165, 1.54) is 212 Å². The van der Waals surface area contributed by atoms with Crippen LogP contribution in [0.4, 0.5) is 0 Å². The molecule has 9 nitrogen and oxygen atoms in total. The van der Waals surface area contributed by atoms with Gasteiger partial charge in [0.25, 0.3) is 0 Å². The van der Waals surface area contributed by atoms with Crippen LogP contribution in [-0.4, -0.2) is 74.3 Å². The van der Waals surface area contributed by atoms with Crippen LogP contribution < -0.4 is 5.32 Å². The molecule has 2 N–H and O–H groups in total. The van der Waals surface area contributed by atoms with Gasteiger partial charge < -0.3 is 19.4 Å². The second-order valence-electron chi connectivity index (χ2n) is 24.0. The molecule has 0 aromatic rings. The van der Waals surface area contributed by atoms with Gasteiger partial charge in [-0.25, -0.2) is 4.57 Å². The maximum atomic E-state index is 13.6. The third kappa shape index (κ3) is 58.6. The van der Waals surface area contributed by atoms with Gasteiger partial charge in [0.15, 0.2) is 0 Å². The topological polar surface area (TPSA) is 111 Å². The molecule has 3 atom stereocenters. The normalized spacial score (nSPS) is 13.9. The number of nitrogens with one attached hydrogen (secondary N) is 1. The number of carbonyl (C=O) groups is 2. The lowest BCUT2D eigenvalue weighted by Gasteiger charge is -2.27. The van der Waals surface area contributed by atoms with E-state index in [0.29, 0.717) is 23.9 Å². The number of hydrogen-bond donors (Lipinski definition) is 2. The minimum absolute atomic E-state index is 0.0393. The molecule has 0 aliphatic rings. The summed E-state index contributed by atoms with van der Waals surface area (Å²) in [5.41, 5.74) is 0. The summed E-state index contributed by atoms with van der Waals surface area (Å²) in [6, 6.07) is -0.851. The third-order valence-electron chi connectivity index (χ3n) is 15.0. The Morgan fingerprint density at radius 3 is 1.19 bits per heavy atom. The number of amides is 1. The minimum atomic E-state index is -4.45. The highest BCUT2D eigenvalue weighted by Crippen LogP contribution is 2.43. The third-order valence-corrected chi connectivity index (χ3v) is 16.0. The Hall–Kier alpha value is -2.03. The van der Waals surface area contributed by atoms with Crippen molar-refractivity contribution in [2.45, 2.75) is 335 Å². The number of carbonyl (C=O) groups excluding carboxylic acids is 2. The molecule has 3 unspecified atom stereocenters. The average molecular weight is 1120 g/mol. The van der Waals surface area contributed by atoms with Crippen molar-refractivity contribution in [2.75, 3.05) is 40.9 Å². The number of nitrogens with zero attached hydrogens (tertiary/aromatic N) is 1. The van der Waals surface area contributed by atoms with Crippen LogP contribution in [0, 0.1) is 0 Å². The maximum absolute atomic E-state index is 13.6. The molecule has 0 radical (unpaired) electrons. The first-order chi connectivity index (χ1) is 37.9. The van der Waals surface area contributed by atoms with Crippen molar-refractivity contribution in [3.63, 3.8) is 0 Å². The number of ether oxygens (including phenoxy) is 1. The highest BCUT2D eigenvalue weighted by atomic mass is 31.2. The number of allylic oxidation sites excluding steroid dienone is 7. The van der Waals surface area contributed by atoms with Gasteiger partial charge in [-0.1, -0.05) is 269 Å². The summed E-state index contributed by atoms with van der Waals surface area (Å²) >= 11 is 0. The van der Waals surface area contributed by atoms with Crippen molar-refractivity contribution < 1.29 is 37.3 Å². The van der Waals surface area contributed by atoms with Crippen LogP contribution in [-0.2, 0) is 27.9 Å². The van der Waals surface area contributed by atoms with Gasteiger partial charge in [0, 0.05) is 12.8 Å². The van der Waals surface area contributed by atoms with Crippen LogP contribution in [0.3, 0.4) is 0 Å². The van der Waals surface area contributed by atoms with Gasteiger partial charge in [-0.2, -0.15) is 0 Å². The smallest absolute Gasteiger partial charge is 0.456 e. The van der Waals surface area contributed by atoms with Gasteiger partial charge >= 0.3 is 13.8 Å². The summed E-state index contributed by atoms with van der Waals surface area (Å²) in [5.74, 6) is -0.503. The number of unbranched alkanes of at least 4 members (excludes halogenated alkanes) is 39. The molecule has 1 amide bonds. The lowest BCUT2D eigenvalue weighted by Crippen LogP contribution is -2.47. The largest absolute Gasteiger partial charge is 0.472 e. The number of phosphoric acid groups is 1. The summed E-state index contributed by atoms with van der Waals surface area (Å²) in [5, 5.41) is 3.06. The van der Waals surface area contributed by atoms with E-state index in [-0.39, 0.29) is 25.1 Å². The summed E-state index contributed by atoms with van der Waals surface area (Å²) in [4.78, 5) is 37.8. The zero-order chi connectivity index (χ0) is 57.2.